The first-order valence-electron chi connectivity index (χ1n) is 8.73. The van der Waals surface area contributed by atoms with Gasteiger partial charge in [-0.25, -0.2) is 9.07 Å². The van der Waals surface area contributed by atoms with E-state index in [1.807, 2.05) is 53.8 Å². The van der Waals surface area contributed by atoms with Crippen LogP contribution in [0.1, 0.15) is 39.8 Å². The third-order valence-electron chi connectivity index (χ3n) is 4.90. The molecule has 26 heavy (non-hydrogen) atoms. The summed E-state index contributed by atoms with van der Waals surface area (Å²) in [6.45, 7) is 4.69. The quantitative estimate of drug-likeness (QED) is 0.710. The molecule has 2 aromatic carbocycles. The van der Waals surface area contributed by atoms with Gasteiger partial charge >= 0.3 is 0 Å². The maximum Gasteiger partial charge on any atom is 0.254 e. The topological polar surface area (TPSA) is 38.1 Å². The molecule has 1 aliphatic heterocycles. The Hall–Kier alpha value is -2.95. The molecule has 0 spiro atoms. The van der Waals surface area contributed by atoms with Crippen LogP contribution in [0.5, 0.6) is 0 Å². The fourth-order valence-corrected chi connectivity index (χ4v) is 3.46. The Morgan fingerprint density at radius 3 is 2.31 bits per heavy atom. The summed E-state index contributed by atoms with van der Waals surface area (Å²) in [7, 11) is 0. The first kappa shape index (κ1) is 16.5. The normalized spacial score (nSPS) is 16.4. The van der Waals surface area contributed by atoms with E-state index in [4.69, 9.17) is 0 Å². The third-order valence-corrected chi connectivity index (χ3v) is 4.90. The number of hydrogen-bond acceptors (Lipinski definition) is 2. The van der Waals surface area contributed by atoms with Crippen LogP contribution < -0.4 is 0 Å². The zero-order chi connectivity index (χ0) is 18.3. The lowest BCUT2D eigenvalue weighted by Crippen LogP contribution is -2.45. The van der Waals surface area contributed by atoms with Gasteiger partial charge in [0.25, 0.3) is 5.91 Å². The molecule has 1 aliphatic rings. The molecule has 1 amide bonds. The number of amides is 1. The predicted molar refractivity (Wildman–Crippen MR) is 97.8 cm³/mol. The minimum Gasteiger partial charge on any atom is -0.331 e. The van der Waals surface area contributed by atoms with Crippen LogP contribution in [-0.4, -0.2) is 27.1 Å². The van der Waals surface area contributed by atoms with Crippen LogP contribution in [0.3, 0.4) is 0 Å². The molecule has 1 atom stereocenters. The van der Waals surface area contributed by atoms with Crippen molar-refractivity contribution in [2.24, 2.45) is 0 Å². The maximum absolute atomic E-state index is 13.1. The second-order valence-corrected chi connectivity index (χ2v) is 6.74. The smallest absolute Gasteiger partial charge is 0.254 e. The Balaban J connectivity index is 1.53. The van der Waals surface area contributed by atoms with Crippen molar-refractivity contribution in [3.8, 4) is 5.69 Å². The number of carbonyl (C=O) groups excluding carboxylic acids is 1. The number of aromatic nitrogens is 2. The zero-order valence-corrected chi connectivity index (χ0v) is 14.8. The average Bonchev–Trinajstić information content (AvgIpc) is 2.94. The van der Waals surface area contributed by atoms with Crippen molar-refractivity contribution < 1.29 is 9.18 Å². The van der Waals surface area contributed by atoms with Crippen molar-refractivity contribution in [1.29, 1.82) is 0 Å². The van der Waals surface area contributed by atoms with Gasteiger partial charge < -0.3 is 4.90 Å². The highest BCUT2D eigenvalue weighted by atomic mass is 19.1. The third kappa shape index (κ3) is 2.90. The van der Waals surface area contributed by atoms with E-state index in [-0.39, 0.29) is 17.8 Å². The van der Waals surface area contributed by atoms with Crippen LogP contribution in [0.4, 0.5) is 4.39 Å². The molecule has 5 heteroatoms. The molecular weight excluding hydrogens is 329 g/mol. The van der Waals surface area contributed by atoms with Crippen molar-refractivity contribution in [2.75, 3.05) is 6.54 Å². The molecule has 2 heterocycles. The molecule has 132 valence electrons. The van der Waals surface area contributed by atoms with E-state index in [0.29, 0.717) is 5.56 Å². The Kier molecular flexibility index (Phi) is 4.07. The van der Waals surface area contributed by atoms with E-state index in [1.165, 1.54) is 12.1 Å². The van der Waals surface area contributed by atoms with Gasteiger partial charge in [0.2, 0.25) is 0 Å². The summed E-state index contributed by atoms with van der Waals surface area (Å²) in [6.07, 6.45) is 0.904. The summed E-state index contributed by atoms with van der Waals surface area (Å²) >= 11 is 0. The molecule has 0 radical (unpaired) electrons. The van der Waals surface area contributed by atoms with Crippen LogP contribution in [0.25, 0.3) is 5.69 Å². The van der Waals surface area contributed by atoms with Crippen molar-refractivity contribution in [3.63, 3.8) is 0 Å². The first-order valence-corrected chi connectivity index (χ1v) is 8.73. The molecule has 0 unspecified atom stereocenters. The van der Waals surface area contributed by atoms with Gasteiger partial charge in [-0.2, -0.15) is 5.10 Å². The summed E-state index contributed by atoms with van der Waals surface area (Å²) in [5.74, 6) is -0.254. The predicted octanol–water partition coefficient (Wildman–Crippen LogP) is 4.22. The molecule has 1 fully saturated rings. The molecular formula is C21H20FN3O. The molecule has 0 N–H and O–H groups in total. The fourth-order valence-electron chi connectivity index (χ4n) is 3.46. The number of carbonyl (C=O) groups is 1. The number of rotatable bonds is 3. The average molecular weight is 349 g/mol. The molecule has 3 aromatic rings. The highest BCUT2D eigenvalue weighted by Gasteiger charge is 2.33. The molecule has 1 aromatic heterocycles. The van der Waals surface area contributed by atoms with Crippen molar-refractivity contribution in [3.05, 3.63) is 82.9 Å². The maximum atomic E-state index is 13.1. The zero-order valence-electron chi connectivity index (χ0n) is 14.8. The second-order valence-electron chi connectivity index (χ2n) is 6.74. The monoisotopic (exact) mass is 349 g/mol. The van der Waals surface area contributed by atoms with Crippen LogP contribution in [0.2, 0.25) is 0 Å². The number of halogens is 1. The molecule has 4 nitrogen and oxygen atoms in total. The van der Waals surface area contributed by atoms with Gasteiger partial charge in [-0.05, 0) is 68.3 Å². The molecule has 0 aliphatic carbocycles. The number of likely N-dealkylation sites (tertiary alicyclic amines) is 1. The van der Waals surface area contributed by atoms with Crippen LogP contribution in [-0.2, 0) is 0 Å². The molecule has 4 rings (SSSR count). The first-order chi connectivity index (χ1) is 12.5. The summed E-state index contributed by atoms with van der Waals surface area (Å²) in [5, 5.41) is 4.47. The number of nitrogens with zero attached hydrogens (tertiary/aromatic N) is 3. The van der Waals surface area contributed by atoms with E-state index < -0.39 is 0 Å². The summed E-state index contributed by atoms with van der Waals surface area (Å²) in [4.78, 5) is 14.7. The molecule has 1 saturated heterocycles. The number of hydrogen-bond donors (Lipinski definition) is 0. The van der Waals surface area contributed by atoms with Crippen LogP contribution in [0.15, 0.2) is 54.6 Å². The molecule has 0 saturated carbocycles. The number of benzene rings is 2. The van der Waals surface area contributed by atoms with Gasteiger partial charge in [0.15, 0.2) is 0 Å². The van der Waals surface area contributed by atoms with Gasteiger partial charge in [0, 0.05) is 17.8 Å². The Labute approximate surface area is 151 Å². The lowest BCUT2D eigenvalue weighted by molar-refractivity contribution is 0.0460. The SMILES string of the molecule is Cc1cc(C)n(-c2ccc(C(=O)N3CC[C@H]3c3ccc(F)cc3)cc2)n1. The van der Waals surface area contributed by atoms with Crippen LogP contribution >= 0.6 is 0 Å². The Morgan fingerprint density at radius 1 is 1.08 bits per heavy atom. The van der Waals surface area contributed by atoms with Crippen LogP contribution in [0, 0.1) is 19.7 Å². The standard InChI is InChI=1S/C21H20FN3O/c1-14-13-15(2)25(23-14)19-9-5-17(6-10-19)21(26)24-12-11-20(24)16-3-7-18(22)8-4-16/h3-10,13,20H,11-12H2,1-2H3/t20-/m0/s1. The van der Waals surface area contributed by atoms with Gasteiger partial charge in [-0.1, -0.05) is 12.1 Å². The van der Waals surface area contributed by atoms with Crippen molar-refractivity contribution >= 4 is 5.91 Å². The number of aryl methyl sites for hydroxylation is 2. The largest absolute Gasteiger partial charge is 0.331 e. The van der Waals surface area contributed by atoms with Gasteiger partial charge in [0.1, 0.15) is 5.82 Å². The van der Waals surface area contributed by atoms with Gasteiger partial charge in [-0.15, -0.1) is 0 Å². The minimum absolute atomic E-state index is 0.00509. The Morgan fingerprint density at radius 2 is 1.77 bits per heavy atom. The minimum atomic E-state index is -0.259. The van der Waals surface area contributed by atoms with Gasteiger partial charge in [0.05, 0.1) is 17.4 Å². The van der Waals surface area contributed by atoms with E-state index in [1.54, 1.807) is 12.1 Å². The second kappa shape index (κ2) is 6.41. The van der Waals surface area contributed by atoms with Crippen molar-refractivity contribution in [1.82, 2.24) is 14.7 Å². The molecule has 0 bridgehead atoms. The Bertz CT molecular complexity index is 944. The van der Waals surface area contributed by atoms with Crippen molar-refractivity contribution in [2.45, 2.75) is 26.3 Å². The lowest BCUT2D eigenvalue weighted by Gasteiger charge is -2.41. The summed E-state index contributed by atoms with van der Waals surface area (Å²) in [6, 6.07) is 16.0. The van der Waals surface area contributed by atoms with E-state index in [9.17, 15) is 9.18 Å². The lowest BCUT2D eigenvalue weighted by atomic mass is 9.93. The van der Waals surface area contributed by atoms with E-state index >= 15 is 0 Å². The summed E-state index contributed by atoms with van der Waals surface area (Å²) in [5.41, 5.74) is 4.59. The summed E-state index contributed by atoms with van der Waals surface area (Å²) < 4.78 is 15.0. The van der Waals surface area contributed by atoms with E-state index in [0.717, 1.165) is 35.6 Å². The van der Waals surface area contributed by atoms with Gasteiger partial charge in [-0.3, -0.25) is 4.79 Å². The highest BCUT2D eigenvalue weighted by Crippen LogP contribution is 2.34. The fraction of sp³-hybridized carbons (Fsp3) is 0.238. The van der Waals surface area contributed by atoms with E-state index in [2.05, 4.69) is 5.10 Å². The highest BCUT2D eigenvalue weighted by molar-refractivity contribution is 5.95.